The molecule has 0 saturated heterocycles. The van der Waals surface area contributed by atoms with Crippen LogP contribution in [0.2, 0.25) is 0 Å². The highest BCUT2D eigenvalue weighted by Gasteiger charge is 2.38. The van der Waals surface area contributed by atoms with Gasteiger partial charge in [-0.2, -0.15) is 0 Å². The molecule has 3 aromatic carbocycles. The molecule has 0 aliphatic heterocycles. The van der Waals surface area contributed by atoms with Gasteiger partial charge in [0.25, 0.3) is 0 Å². The minimum absolute atomic E-state index is 0.117. The number of carbonyl (C=O) groups excluding carboxylic acids is 2. The van der Waals surface area contributed by atoms with Crippen molar-refractivity contribution < 1.29 is 14.3 Å². The highest BCUT2D eigenvalue weighted by Crippen LogP contribution is 2.48. The predicted molar refractivity (Wildman–Crippen MR) is 138 cm³/mol. The molecule has 178 valence electrons. The monoisotopic (exact) mass is 476 g/mol. The molecule has 0 aliphatic carbocycles. The van der Waals surface area contributed by atoms with E-state index in [4.69, 9.17) is 10.5 Å². The lowest BCUT2D eigenvalue weighted by Crippen LogP contribution is -2.52. The molecular weight excluding hydrogens is 444 g/mol. The van der Waals surface area contributed by atoms with Gasteiger partial charge in [0.15, 0.2) is 0 Å². The van der Waals surface area contributed by atoms with Gasteiger partial charge in [-0.1, -0.05) is 105 Å². The van der Waals surface area contributed by atoms with Crippen LogP contribution >= 0.6 is 11.8 Å². The number of esters is 1. The van der Waals surface area contributed by atoms with Crippen molar-refractivity contribution in [2.45, 2.75) is 30.7 Å². The van der Waals surface area contributed by atoms with Crippen molar-refractivity contribution >= 4 is 23.6 Å². The van der Waals surface area contributed by atoms with Crippen LogP contribution in [0, 0.1) is 5.92 Å². The average Bonchev–Trinajstić information content (AvgIpc) is 2.88. The van der Waals surface area contributed by atoms with E-state index in [0.29, 0.717) is 5.75 Å². The van der Waals surface area contributed by atoms with Crippen LogP contribution in [0.4, 0.5) is 0 Å². The molecule has 0 unspecified atom stereocenters. The van der Waals surface area contributed by atoms with Crippen LogP contribution in [-0.2, 0) is 19.1 Å². The highest BCUT2D eigenvalue weighted by atomic mass is 32.2. The standard InChI is InChI=1S/C28H32N2O3S/c1-20(2)25(27(32)33-3)30-26(31)24(29)19-34-28(21-13-7-4-8-14-21,22-15-9-5-10-16-22)23-17-11-6-12-18-23/h4-18,20,24-25H,19,29H2,1-3H3,(H,30,31)/t24-,25-/m1/s1. The number of methoxy groups -OCH3 is 1. The van der Waals surface area contributed by atoms with E-state index < -0.39 is 22.8 Å². The molecule has 34 heavy (non-hydrogen) atoms. The fourth-order valence-electron chi connectivity index (χ4n) is 3.94. The summed E-state index contributed by atoms with van der Waals surface area (Å²) in [6.45, 7) is 3.71. The number of hydrogen-bond donors (Lipinski definition) is 2. The Balaban J connectivity index is 1.95. The molecule has 3 aromatic rings. The smallest absolute Gasteiger partial charge is 0.328 e. The summed E-state index contributed by atoms with van der Waals surface area (Å²) in [5.74, 6) is -0.625. The second-order valence-electron chi connectivity index (χ2n) is 8.45. The van der Waals surface area contributed by atoms with Gasteiger partial charge in [-0.15, -0.1) is 11.8 Å². The van der Waals surface area contributed by atoms with Crippen LogP contribution in [0.15, 0.2) is 91.0 Å². The normalized spacial score (nSPS) is 13.2. The Morgan fingerprint density at radius 1 is 0.853 bits per heavy atom. The Morgan fingerprint density at radius 2 is 1.26 bits per heavy atom. The second-order valence-corrected chi connectivity index (χ2v) is 9.68. The lowest BCUT2D eigenvalue weighted by molar-refractivity contribution is -0.146. The molecule has 0 spiro atoms. The van der Waals surface area contributed by atoms with E-state index in [1.165, 1.54) is 7.11 Å². The first kappa shape index (κ1) is 25.5. The number of nitrogens with two attached hydrogens (primary N) is 1. The Hall–Kier alpha value is -3.09. The maximum atomic E-state index is 12.9. The maximum absolute atomic E-state index is 12.9. The Kier molecular flexibility index (Phi) is 8.91. The van der Waals surface area contributed by atoms with Crippen molar-refractivity contribution in [2.75, 3.05) is 12.9 Å². The topological polar surface area (TPSA) is 81.4 Å². The van der Waals surface area contributed by atoms with E-state index >= 15 is 0 Å². The quantitative estimate of drug-likeness (QED) is 0.336. The molecule has 0 aromatic heterocycles. The molecule has 5 nitrogen and oxygen atoms in total. The zero-order valence-corrected chi connectivity index (χ0v) is 20.6. The second kappa shape index (κ2) is 11.9. The lowest BCUT2D eigenvalue weighted by Gasteiger charge is -2.36. The van der Waals surface area contributed by atoms with E-state index in [1.54, 1.807) is 11.8 Å². The molecular formula is C28H32N2O3S. The summed E-state index contributed by atoms with van der Waals surface area (Å²) < 4.78 is 4.27. The molecule has 0 radical (unpaired) electrons. The predicted octanol–water partition coefficient (Wildman–Crippen LogP) is 4.35. The van der Waals surface area contributed by atoms with Crippen molar-refractivity contribution in [3.05, 3.63) is 108 Å². The molecule has 0 heterocycles. The van der Waals surface area contributed by atoms with Crippen LogP contribution in [-0.4, -0.2) is 36.8 Å². The molecule has 0 saturated carbocycles. The summed E-state index contributed by atoms with van der Waals surface area (Å²) in [7, 11) is 1.31. The van der Waals surface area contributed by atoms with Crippen LogP contribution in [0.1, 0.15) is 30.5 Å². The highest BCUT2D eigenvalue weighted by molar-refractivity contribution is 8.00. The Bertz CT molecular complexity index is 962. The first-order valence-electron chi connectivity index (χ1n) is 11.3. The minimum Gasteiger partial charge on any atom is -0.467 e. The van der Waals surface area contributed by atoms with E-state index in [1.807, 2.05) is 68.4 Å². The fourth-order valence-corrected chi connectivity index (χ4v) is 5.43. The molecule has 1 amide bonds. The van der Waals surface area contributed by atoms with Crippen molar-refractivity contribution in [2.24, 2.45) is 11.7 Å². The number of ether oxygens (including phenoxy) is 1. The van der Waals surface area contributed by atoms with Crippen molar-refractivity contribution in [3.63, 3.8) is 0 Å². The number of benzene rings is 3. The van der Waals surface area contributed by atoms with Gasteiger partial charge in [-0.05, 0) is 22.6 Å². The third-order valence-corrected chi connectivity index (χ3v) is 7.44. The number of hydrogen-bond acceptors (Lipinski definition) is 5. The SMILES string of the molecule is COC(=O)[C@H](NC(=O)[C@H](N)CSC(c1ccccc1)(c1ccccc1)c1ccccc1)C(C)C. The van der Waals surface area contributed by atoms with Gasteiger partial charge in [0.2, 0.25) is 5.91 Å². The van der Waals surface area contributed by atoms with Crippen LogP contribution in [0.5, 0.6) is 0 Å². The van der Waals surface area contributed by atoms with Crippen LogP contribution in [0.25, 0.3) is 0 Å². The van der Waals surface area contributed by atoms with Crippen LogP contribution in [0.3, 0.4) is 0 Å². The minimum atomic E-state index is -0.814. The van der Waals surface area contributed by atoms with Gasteiger partial charge >= 0.3 is 5.97 Å². The summed E-state index contributed by atoms with van der Waals surface area (Å²) in [6.07, 6.45) is 0. The molecule has 6 heteroatoms. The average molecular weight is 477 g/mol. The summed E-state index contributed by atoms with van der Waals surface area (Å²) in [4.78, 5) is 25.0. The van der Waals surface area contributed by atoms with Crippen LogP contribution < -0.4 is 11.1 Å². The lowest BCUT2D eigenvalue weighted by atomic mass is 9.84. The third kappa shape index (κ3) is 5.69. The first-order chi connectivity index (χ1) is 16.4. The van der Waals surface area contributed by atoms with Gasteiger partial charge in [0, 0.05) is 5.75 Å². The number of rotatable bonds is 10. The Labute approximate surface area is 206 Å². The first-order valence-corrected chi connectivity index (χ1v) is 12.3. The zero-order valence-electron chi connectivity index (χ0n) is 19.8. The van der Waals surface area contributed by atoms with E-state index in [0.717, 1.165) is 16.7 Å². The fraction of sp³-hybridized carbons (Fsp3) is 0.286. The van der Waals surface area contributed by atoms with Crippen molar-refractivity contribution in [1.82, 2.24) is 5.32 Å². The zero-order chi connectivity index (χ0) is 24.6. The van der Waals surface area contributed by atoms with E-state index in [9.17, 15) is 9.59 Å². The van der Waals surface area contributed by atoms with Crippen molar-refractivity contribution in [1.29, 1.82) is 0 Å². The summed E-state index contributed by atoms with van der Waals surface area (Å²) in [6, 6.07) is 29.2. The number of nitrogens with one attached hydrogen (secondary N) is 1. The molecule has 2 atom stereocenters. The summed E-state index contributed by atoms with van der Waals surface area (Å²) in [5, 5.41) is 2.77. The number of carbonyl (C=O) groups is 2. The molecule has 3 N–H and O–H groups in total. The largest absolute Gasteiger partial charge is 0.467 e. The van der Waals surface area contributed by atoms with E-state index in [2.05, 4.69) is 41.7 Å². The summed E-state index contributed by atoms with van der Waals surface area (Å²) >= 11 is 1.61. The van der Waals surface area contributed by atoms with Crippen molar-refractivity contribution in [3.8, 4) is 0 Å². The van der Waals surface area contributed by atoms with Gasteiger partial charge in [0.05, 0.1) is 17.9 Å². The Morgan fingerprint density at radius 3 is 1.62 bits per heavy atom. The van der Waals surface area contributed by atoms with Gasteiger partial charge < -0.3 is 15.8 Å². The number of amides is 1. The van der Waals surface area contributed by atoms with Gasteiger partial charge in [-0.3, -0.25) is 4.79 Å². The van der Waals surface area contributed by atoms with Gasteiger partial charge in [0.1, 0.15) is 6.04 Å². The van der Waals surface area contributed by atoms with E-state index in [-0.39, 0.29) is 11.8 Å². The molecule has 0 fully saturated rings. The summed E-state index contributed by atoms with van der Waals surface area (Å²) in [5.41, 5.74) is 9.65. The van der Waals surface area contributed by atoms with Gasteiger partial charge in [-0.25, -0.2) is 4.79 Å². The third-order valence-electron chi connectivity index (χ3n) is 5.78. The molecule has 3 rings (SSSR count). The maximum Gasteiger partial charge on any atom is 0.328 e. The molecule has 0 aliphatic rings. The molecule has 0 bridgehead atoms. The number of thioether (sulfide) groups is 1.